The second kappa shape index (κ2) is 7.38. The fourth-order valence-electron chi connectivity index (χ4n) is 2.19. The Morgan fingerprint density at radius 1 is 1.43 bits per heavy atom. The van der Waals surface area contributed by atoms with Gasteiger partial charge in [0.2, 0.25) is 0 Å². The van der Waals surface area contributed by atoms with Crippen LogP contribution in [0.1, 0.15) is 32.3 Å². The normalized spacial score (nSPS) is 11.4. The van der Waals surface area contributed by atoms with Crippen molar-refractivity contribution in [2.75, 3.05) is 6.54 Å². The highest BCUT2D eigenvalue weighted by molar-refractivity contribution is 6.30. The molecule has 0 aromatic heterocycles. The van der Waals surface area contributed by atoms with E-state index >= 15 is 0 Å². The van der Waals surface area contributed by atoms with Crippen LogP contribution < -0.4 is 5.32 Å². The van der Waals surface area contributed by atoms with Crippen LogP contribution in [0.2, 0.25) is 5.02 Å². The number of hydrogen-bond donors (Lipinski definition) is 2. The van der Waals surface area contributed by atoms with Crippen molar-refractivity contribution in [2.45, 2.75) is 33.2 Å². The van der Waals surface area contributed by atoms with E-state index in [1.54, 1.807) is 0 Å². The van der Waals surface area contributed by atoms with Gasteiger partial charge >= 0.3 is 5.97 Å². The monoisotopic (exact) mass is 314 g/mol. The molecule has 0 radical (unpaired) electrons. The molecule has 6 nitrogen and oxygen atoms in total. The van der Waals surface area contributed by atoms with Crippen molar-refractivity contribution in [2.24, 2.45) is 5.41 Å². The molecule has 1 rings (SSSR count). The Hall–Kier alpha value is -1.66. The number of benzene rings is 1. The van der Waals surface area contributed by atoms with Crippen LogP contribution in [0.5, 0.6) is 0 Å². The van der Waals surface area contributed by atoms with E-state index in [2.05, 4.69) is 5.32 Å². The molecule has 0 spiro atoms. The number of nitro groups is 1. The second-order valence-electron chi connectivity index (χ2n) is 4.93. The number of carboxylic acids is 1. The summed E-state index contributed by atoms with van der Waals surface area (Å²) < 4.78 is 0. The highest BCUT2D eigenvalue weighted by Crippen LogP contribution is 2.27. The lowest BCUT2D eigenvalue weighted by Crippen LogP contribution is -2.40. The molecular formula is C14H19ClN2O4. The van der Waals surface area contributed by atoms with Gasteiger partial charge in [-0.3, -0.25) is 14.9 Å². The molecule has 0 atom stereocenters. The smallest absolute Gasteiger partial charge is 0.310 e. The fourth-order valence-corrected chi connectivity index (χ4v) is 2.38. The molecule has 2 N–H and O–H groups in total. The van der Waals surface area contributed by atoms with E-state index in [1.807, 2.05) is 13.8 Å². The third-order valence-electron chi connectivity index (χ3n) is 3.82. The van der Waals surface area contributed by atoms with Gasteiger partial charge in [-0.1, -0.05) is 25.4 Å². The third kappa shape index (κ3) is 4.15. The van der Waals surface area contributed by atoms with E-state index < -0.39 is 16.3 Å². The first kappa shape index (κ1) is 17.4. The molecular weight excluding hydrogens is 296 g/mol. The summed E-state index contributed by atoms with van der Waals surface area (Å²) in [7, 11) is 0. The van der Waals surface area contributed by atoms with E-state index in [0.717, 1.165) is 0 Å². The minimum absolute atomic E-state index is 0.0270. The Morgan fingerprint density at radius 3 is 2.52 bits per heavy atom. The predicted molar refractivity (Wildman–Crippen MR) is 80.5 cm³/mol. The molecule has 0 saturated heterocycles. The molecule has 116 valence electrons. The van der Waals surface area contributed by atoms with Crippen molar-refractivity contribution in [3.05, 3.63) is 38.9 Å². The SMILES string of the molecule is CCC(CC)(CNCc1cc(Cl)ccc1[N+](=O)[O-])C(=O)O. The molecule has 0 amide bonds. The zero-order chi connectivity index (χ0) is 16.0. The fraction of sp³-hybridized carbons (Fsp3) is 0.500. The van der Waals surface area contributed by atoms with E-state index in [0.29, 0.717) is 23.4 Å². The summed E-state index contributed by atoms with van der Waals surface area (Å²) in [5, 5.41) is 23.7. The number of hydrogen-bond acceptors (Lipinski definition) is 4. The van der Waals surface area contributed by atoms with Gasteiger partial charge in [-0.25, -0.2) is 0 Å². The molecule has 1 aromatic carbocycles. The standard InChI is InChI=1S/C14H19ClN2O4/c1-3-14(4-2,13(18)19)9-16-8-10-7-11(15)5-6-12(10)17(20)21/h5-7,16H,3-4,8-9H2,1-2H3,(H,18,19). The Bertz CT molecular complexity index is 530. The van der Waals surface area contributed by atoms with Crippen LogP contribution in [0, 0.1) is 15.5 Å². The first-order valence-corrected chi connectivity index (χ1v) is 7.11. The second-order valence-corrected chi connectivity index (χ2v) is 5.36. The van der Waals surface area contributed by atoms with Gasteiger partial charge in [0.1, 0.15) is 0 Å². The van der Waals surface area contributed by atoms with E-state index in [-0.39, 0.29) is 18.8 Å². The van der Waals surface area contributed by atoms with E-state index in [9.17, 15) is 20.0 Å². The van der Waals surface area contributed by atoms with Crippen LogP contribution in [0.15, 0.2) is 18.2 Å². The lowest BCUT2D eigenvalue weighted by molar-refractivity contribution is -0.385. The van der Waals surface area contributed by atoms with Crippen LogP contribution in [-0.2, 0) is 11.3 Å². The van der Waals surface area contributed by atoms with E-state index in [1.165, 1.54) is 18.2 Å². The maximum absolute atomic E-state index is 11.4. The molecule has 21 heavy (non-hydrogen) atoms. The summed E-state index contributed by atoms with van der Waals surface area (Å²) in [6, 6.07) is 4.33. The highest BCUT2D eigenvalue weighted by Gasteiger charge is 2.34. The Morgan fingerprint density at radius 2 is 2.05 bits per heavy atom. The molecule has 1 aromatic rings. The summed E-state index contributed by atoms with van der Waals surface area (Å²) >= 11 is 5.85. The maximum Gasteiger partial charge on any atom is 0.310 e. The summed E-state index contributed by atoms with van der Waals surface area (Å²) in [5.74, 6) is -0.861. The molecule has 0 saturated carbocycles. The number of nitrogens with zero attached hydrogens (tertiary/aromatic N) is 1. The molecule has 0 bridgehead atoms. The summed E-state index contributed by atoms with van der Waals surface area (Å²) in [5.41, 5.74) is -0.437. The van der Waals surface area contributed by atoms with Gasteiger partial charge in [0.15, 0.2) is 0 Å². The maximum atomic E-state index is 11.4. The Balaban J connectivity index is 2.82. The Kier molecular flexibility index (Phi) is 6.11. The van der Waals surface area contributed by atoms with Crippen molar-refractivity contribution in [1.82, 2.24) is 5.32 Å². The van der Waals surface area contributed by atoms with Gasteiger partial charge < -0.3 is 10.4 Å². The molecule has 0 aliphatic heterocycles. The van der Waals surface area contributed by atoms with Crippen LogP contribution in [0.3, 0.4) is 0 Å². The molecule has 0 unspecified atom stereocenters. The van der Waals surface area contributed by atoms with Crippen LogP contribution in [0.4, 0.5) is 5.69 Å². The van der Waals surface area contributed by atoms with Crippen molar-refractivity contribution in [3.8, 4) is 0 Å². The van der Waals surface area contributed by atoms with Gasteiger partial charge in [0, 0.05) is 29.7 Å². The third-order valence-corrected chi connectivity index (χ3v) is 4.06. The van der Waals surface area contributed by atoms with Gasteiger partial charge in [0.25, 0.3) is 5.69 Å². The number of nitrogens with one attached hydrogen (secondary N) is 1. The molecule has 0 aliphatic carbocycles. The first-order chi connectivity index (χ1) is 9.86. The predicted octanol–water partition coefficient (Wildman–Crippen LogP) is 3.23. The first-order valence-electron chi connectivity index (χ1n) is 6.73. The number of nitro benzene ring substituents is 1. The lowest BCUT2D eigenvalue weighted by Gasteiger charge is -2.27. The topological polar surface area (TPSA) is 92.5 Å². The summed E-state index contributed by atoms with van der Waals surface area (Å²) in [6.07, 6.45) is 0.979. The Labute approximate surface area is 128 Å². The molecule has 0 aliphatic rings. The van der Waals surface area contributed by atoms with Crippen molar-refractivity contribution in [1.29, 1.82) is 0 Å². The average Bonchev–Trinajstić information content (AvgIpc) is 2.43. The molecule has 0 fully saturated rings. The average molecular weight is 315 g/mol. The molecule has 7 heteroatoms. The lowest BCUT2D eigenvalue weighted by atomic mass is 9.82. The van der Waals surface area contributed by atoms with Crippen molar-refractivity contribution in [3.63, 3.8) is 0 Å². The van der Waals surface area contributed by atoms with E-state index in [4.69, 9.17) is 11.6 Å². The largest absolute Gasteiger partial charge is 0.481 e. The van der Waals surface area contributed by atoms with Gasteiger partial charge in [0.05, 0.1) is 10.3 Å². The van der Waals surface area contributed by atoms with Gasteiger partial charge in [-0.15, -0.1) is 0 Å². The number of carbonyl (C=O) groups is 1. The van der Waals surface area contributed by atoms with Crippen molar-refractivity contribution < 1.29 is 14.8 Å². The van der Waals surface area contributed by atoms with Crippen LogP contribution >= 0.6 is 11.6 Å². The molecule has 0 heterocycles. The van der Waals surface area contributed by atoms with Crippen LogP contribution in [0.25, 0.3) is 0 Å². The zero-order valence-corrected chi connectivity index (χ0v) is 12.8. The highest BCUT2D eigenvalue weighted by atomic mass is 35.5. The summed E-state index contributed by atoms with van der Waals surface area (Å²) in [6.45, 7) is 4.09. The summed E-state index contributed by atoms with van der Waals surface area (Å²) in [4.78, 5) is 21.9. The minimum atomic E-state index is -0.861. The number of aliphatic carboxylic acids is 1. The minimum Gasteiger partial charge on any atom is -0.481 e. The number of halogens is 1. The van der Waals surface area contributed by atoms with Gasteiger partial charge in [-0.2, -0.15) is 0 Å². The van der Waals surface area contributed by atoms with Crippen LogP contribution in [-0.4, -0.2) is 22.5 Å². The quantitative estimate of drug-likeness (QED) is 0.567. The zero-order valence-electron chi connectivity index (χ0n) is 12.1. The van der Waals surface area contributed by atoms with Crippen molar-refractivity contribution >= 4 is 23.3 Å². The number of carboxylic acid groups (broad SMARTS) is 1. The van der Waals surface area contributed by atoms with Gasteiger partial charge in [-0.05, 0) is 25.0 Å². The number of rotatable bonds is 8.